The van der Waals surface area contributed by atoms with Crippen LogP contribution in [0.15, 0.2) is 64.2 Å². The zero-order valence-corrected chi connectivity index (χ0v) is 19.5. The molecule has 0 saturated carbocycles. The highest BCUT2D eigenvalue weighted by atomic mass is 32.2. The number of ether oxygens (including phenoxy) is 1. The summed E-state index contributed by atoms with van der Waals surface area (Å²) in [6.07, 6.45) is 1.44. The van der Waals surface area contributed by atoms with Crippen LogP contribution in [0.4, 0.5) is 11.4 Å². The van der Waals surface area contributed by atoms with Crippen molar-refractivity contribution in [3.63, 3.8) is 0 Å². The fourth-order valence-electron chi connectivity index (χ4n) is 3.58. The normalized spacial score (nSPS) is 13.2. The van der Waals surface area contributed by atoms with Crippen LogP contribution in [0.5, 0.6) is 5.75 Å². The van der Waals surface area contributed by atoms with E-state index < -0.39 is 21.8 Å². The maximum absolute atomic E-state index is 13.1. The van der Waals surface area contributed by atoms with Gasteiger partial charge in [-0.3, -0.25) is 13.9 Å². The second-order valence-corrected chi connectivity index (χ2v) is 10.5. The molecule has 0 bridgehead atoms. The van der Waals surface area contributed by atoms with E-state index in [1.165, 1.54) is 4.31 Å². The van der Waals surface area contributed by atoms with Gasteiger partial charge in [-0.05, 0) is 59.7 Å². The Balaban J connectivity index is 1.45. The Hall–Kier alpha value is -3.37. The van der Waals surface area contributed by atoms with Crippen LogP contribution >= 0.6 is 11.3 Å². The molecule has 3 aromatic rings. The Morgan fingerprint density at radius 2 is 1.88 bits per heavy atom. The molecule has 33 heavy (non-hydrogen) atoms. The molecule has 2 heterocycles. The zero-order valence-electron chi connectivity index (χ0n) is 17.9. The van der Waals surface area contributed by atoms with Crippen LogP contribution in [-0.4, -0.2) is 33.9 Å². The first kappa shape index (κ1) is 22.8. The molecule has 0 spiro atoms. The van der Waals surface area contributed by atoms with Crippen LogP contribution in [0.1, 0.15) is 17.5 Å². The summed E-state index contributed by atoms with van der Waals surface area (Å²) in [7, 11) is -2.12. The van der Waals surface area contributed by atoms with Crippen molar-refractivity contribution in [2.24, 2.45) is 0 Å². The van der Waals surface area contributed by atoms with E-state index >= 15 is 0 Å². The van der Waals surface area contributed by atoms with Crippen LogP contribution in [0.3, 0.4) is 0 Å². The lowest BCUT2D eigenvalue weighted by Crippen LogP contribution is -2.36. The number of carbonyl (C=O) groups is 2. The quantitative estimate of drug-likeness (QED) is 0.522. The van der Waals surface area contributed by atoms with E-state index in [0.717, 1.165) is 28.9 Å². The first-order valence-electron chi connectivity index (χ1n) is 10.3. The summed E-state index contributed by atoms with van der Waals surface area (Å²) in [6.45, 7) is 0.542. The molecule has 0 fully saturated rings. The minimum atomic E-state index is -3.69. The molecule has 2 aromatic carbocycles. The summed E-state index contributed by atoms with van der Waals surface area (Å²) < 4.78 is 32.9. The molecule has 0 unspecified atom stereocenters. The maximum Gasteiger partial charge on any atom is 0.313 e. The van der Waals surface area contributed by atoms with Gasteiger partial charge in [0.25, 0.3) is 10.0 Å². The number of nitrogens with zero attached hydrogens (tertiary/aromatic N) is 1. The van der Waals surface area contributed by atoms with Gasteiger partial charge in [0.2, 0.25) is 0 Å². The number of fused-ring (bicyclic) bond motifs is 1. The number of sulfonamides is 1. The third-order valence-electron chi connectivity index (χ3n) is 5.28. The van der Waals surface area contributed by atoms with Gasteiger partial charge in [0.1, 0.15) is 9.96 Å². The van der Waals surface area contributed by atoms with Crippen molar-refractivity contribution in [2.75, 3.05) is 23.3 Å². The van der Waals surface area contributed by atoms with Crippen molar-refractivity contribution < 1.29 is 22.7 Å². The fourth-order valence-corrected chi connectivity index (χ4v) is 6.22. The van der Waals surface area contributed by atoms with Crippen molar-refractivity contribution in [2.45, 2.75) is 23.6 Å². The molecule has 8 nitrogen and oxygen atoms in total. The molecule has 10 heteroatoms. The number of nitrogens with one attached hydrogen (secondary N) is 2. The summed E-state index contributed by atoms with van der Waals surface area (Å²) in [5.74, 6) is -0.913. The summed E-state index contributed by atoms with van der Waals surface area (Å²) in [5, 5.41) is 6.86. The van der Waals surface area contributed by atoms with E-state index in [0.29, 0.717) is 30.1 Å². The highest BCUT2D eigenvalue weighted by Crippen LogP contribution is 2.35. The number of benzene rings is 2. The van der Waals surface area contributed by atoms with Gasteiger partial charge in [0.15, 0.2) is 0 Å². The number of carbonyl (C=O) groups excluding carboxylic acids is 2. The van der Waals surface area contributed by atoms with Crippen LogP contribution in [0.2, 0.25) is 0 Å². The van der Waals surface area contributed by atoms with Gasteiger partial charge in [0, 0.05) is 18.8 Å². The van der Waals surface area contributed by atoms with Crippen LogP contribution in [0, 0.1) is 0 Å². The topological polar surface area (TPSA) is 105 Å². The third-order valence-corrected chi connectivity index (χ3v) is 8.46. The Morgan fingerprint density at radius 3 is 2.58 bits per heavy atom. The maximum atomic E-state index is 13.1. The van der Waals surface area contributed by atoms with E-state index in [-0.39, 0.29) is 10.8 Å². The van der Waals surface area contributed by atoms with E-state index in [1.54, 1.807) is 67.1 Å². The van der Waals surface area contributed by atoms with Gasteiger partial charge < -0.3 is 15.4 Å². The number of rotatable bonds is 6. The van der Waals surface area contributed by atoms with Gasteiger partial charge in [-0.15, -0.1) is 11.3 Å². The molecule has 2 amide bonds. The van der Waals surface area contributed by atoms with Crippen molar-refractivity contribution in [3.05, 3.63) is 71.1 Å². The standard InChI is InChI=1S/C23H23N3O5S2/c1-31-19-10-6-16(7-11-19)15-24-22(27)23(28)25-18-9-8-17-4-2-12-26(20(17)14-18)33(29,30)21-5-3-13-32-21/h3,5-11,13-14H,2,4,12,15H2,1H3,(H,24,27)(H,25,28). The highest BCUT2D eigenvalue weighted by Gasteiger charge is 2.30. The Labute approximate surface area is 196 Å². The number of hydrogen-bond acceptors (Lipinski definition) is 6. The molecular formula is C23H23N3O5S2. The minimum absolute atomic E-state index is 0.188. The van der Waals surface area contributed by atoms with E-state index in [9.17, 15) is 18.0 Å². The first-order valence-corrected chi connectivity index (χ1v) is 12.6. The SMILES string of the molecule is COc1ccc(CNC(=O)C(=O)Nc2ccc3c(c2)N(S(=O)(=O)c2cccs2)CCC3)cc1. The smallest absolute Gasteiger partial charge is 0.313 e. The lowest BCUT2D eigenvalue weighted by Gasteiger charge is -2.30. The molecule has 0 aliphatic carbocycles. The number of methoxy groups -OCH3 is 1. The average Bonchev–Trinajstić information content (AvgIpc) is 3.38. The van der Waals surface area contributed by atoms with Crippen LogP contribution < -0.4 is 19.7 Å². The van der Waals surface area contributed by atoms with Crippen molar-refractivity contribution >= 4 is 44.5 Å². The highest BCUT2D eigenvalue weighted by molar-refractivity contribution is 7.94. The number of amides is 2. The molecule has 1 aliphatic heterocycles. The van der Waals surface area contributed by atoms with Gasteiger partial charge in [-0.25, -0.2) is 8.42 Å². The first-order chi connectivity index (χ1) is 15.9. The predicted molar refractivity (Wildman–Crippen MR) is 127 cm³/mol. The molecule has 1 aliphatic rings. The summed E-state index contributed by atoms with van der Waals surface area (Å²) in [5.41, 5.74) is 2.57. The van der Waals surface area contributed by atoms with Crippen molar-refractivity contribution in [1.29, 1.82) is 0 Å². The summed E-state index contributed by atoms with van der Waals surface area (Å²) >= 11 is 1.16. The fraction of sp³-hybridized carbons (Fsp3) is 0.217. The van der Waals surface area contributed by atoms with Gasteiger partial charge >= 0.3 is 11.8 Å². The van der Waals surface area contributed by atoms with E-state index in [1.807, 2.05) is 0 Å². The zero-order chi connectivity index (χ0) is 23.4. The summed E-state index contributed by atoms with van der Waals surface area (Å²) in [4.78, 5) is 24.7. The Morgan fingerprint density at radius 1 is 1.09 bits per heavy atom. The Bertz CT molecular complexity index is 1260. The lowest BCUT2D eigenvalue weighted by atomic mass is 10.0. The molecule has 1 aromatic heterocycles. The molecule has 4 rings (SSSR count). The monoisotopic (exact) mass is 485 g/mol. The van der Waals surface area contributed by atoms with Gasteiger partial charge in [0.05, 0.1) is 12.8 Å². The number of thiophene rings is 1. The minimum Gasteiger partial charge on any atom is -0.497 e. The van der Waals surface area contributed by atoms with Crippen LogP contribution in [-0.2, 0) is 32.6 Å². The Kier molecular flexibility index (Phi) is 6.66. The van der Waals surface area contributed by atoms with E-state index in [4.69, 9.17) is 4.74 Å². The predicted octanol–water partition coefficient (Wildman–Crippen LogP) is 3.15. The van der Waals surface area contributed by atoms with Gasteiger partial charge in [-0.1, -0.05) is 24.3 Å². The van der Waals surface area contributed by atoms with Crippen molar-refractivity contribution in [3.8, 4) is 5.75 Å². The number of aryl methyl sites for hydroxylation is 1. The molecule has 172 valence electrons. The summed E-state index contributed by atoms with van der Waals surface area (Å²) in [6, 6.07) is 15.5. The molecule has 0 radical (unpaired) electrons. The van der Waals surface area contributed by atoms with Crippen molar-refractivity contribution in [1.82, 2.24) is 5.32 Å². The molecule has 0 atom stereocenters. The number of anilines is 2. The third kappa shape index (κ3) is 5.01. The molecular weight excluding hydrogens is 462 g/mol. The average molecular weight is 486 g/mol. The van der Waals surface area contributed by atoms with Gasteiger partial charge in [-0.2, -0.15) is 0 Å². The molecule has 2 N–H and O–H groups in total. The molecule has 0 saturated heterocycles. The second-order valence-electron chi connectivity index (χ2n) is 7.44. The largest absolute Gasteiger partial charge is 0.497 e. The van der Waals surface area contributed by atoms with E-state index in [2.05, 4.69) is 10.6 Å². The second kappa shape index (κ2) is 9.63. The lowest BCUT2D eigenvalue weighted by molar-refractivity contribution is -0.136. The number of hydrogen-bond donors (Lipinski definition) is 2. The van der Waals surface area contributed by atoms with Crippen LogP contribution in [0.25, 0.3) is 0 Å².